The molecule has 0 radical (unpaired) electrons. The minimum atomic E-state index is -0.635. The number of aromatic nitrogens is 4. The summed E-state index contributed by atoms with van der Waals surface area (Å²) in [6.45, 7) is 0. The molecule has 9 nitrogen and oxygen atoms in total. The Kier molecular flexibility index (Phi) is 2.65. The molecule has 2 rings (SSSR count). The Morgan fingerprint density at radius 3 is 2.39 bits per heavy atom. The monoisotopic (exact) mass is 241 g/mol. The molecule has 2 aromatic heterocycles. The Bertz CT molecular complexity index is 689. The molecule has 0 amide bonds. The highest BCUT2D eigenvalue weighted by atomic mass is 16.6. The zero-order chi connectivity index (χ0) is 13.1. The van der Waals surface area contributed by atoms with E-state index in [9.17, 15) is 10.1 Å². The van der Waals surface area contributed by atoms with Gasteiger partial charge >= 0.3 is 5.69 Å². The zero-order valence-electron chi connectivity index (χ0n) is 8.68. The van der Waals surface area contributed by atoms with Crippen LogP contribution < -0.4 is 0 Å². The van der Waals surface area contributed by atoms with E-state index >= 15 is 0 Å². The van der Waals surface area contributed by atoms with Crippen LogP contribution >= 0.6 is 0 Å². The summed E-state index contributed by atoms with van der Waals surface area (Å²) < 4.78 is 1.18. The fourth-order valence-corrected chi connectivity index (χ4v) is 1.22. The summed E-state index contributed by atoms with van der Waals surface area (Å²) in [5.41, 5.74) is -0.344. The van der Waals surface area contributed by atoms with Gasteiger partial charge in [0.05, 0.1) is 4.92 Å². The molecule has 0 saturated carbocycles. The highest BCUT2D eigenvalue weighted by Crippen LogP contribution is 2.12. The van der Waals surface area contributed by atoms with Crippen LogP contribution in [0.15, 0.2) is 18.7 Å². The first-order valence-electron chi connectivity index (χ1n) is 4.51. The summed E-state index contributed by atoms with van der Waals surface area (Å²) >= 11 is 0. The summed E-state index contributed by atoms with van der Waals surface area (Å²) in [4.78, 5) is 21.0. The maximum Gasteiger partial charge on any atom is 0.305 e. The summed E-state index contributed by atoms with van der Waals surface area (Å²) in [5, 5.41) is 28.1. The molecule has 0 aromatic carbocycles. The first kappa shape index (κ1) is 11.2. The van der Waals surface area contributed by atoms with Crippen molar-refractivity contribution in [2.75, 3.05) is 0 Å². The summed E-state index contributed by atoms with van der Waals surface area (Å²) in [7, 11) is 0. The van der Waals surface area contributed by atoms with Gasteiger partial charge in [-0.2, -0.15) is 10.5 Å². The second-order valence-electron chi connectivity index (χ2n) is 3.03. The van der Waals surface area contributed by atoms with E-state index in [4.69, 9.17) is 10.5 Å². The van der Waals surface area contributed by atoms with E-state index in [1.807, 2.05) is 0 Å². The fourth-order valence-electron chi connectivity index (χ4n) is 1.22. The van der Waals surface area contributed by atoms with Crippen LogP contribution in [0.25, 0.3) is 5.95 Å². The van der Waals surface area contributed by atoms with Crippen molar-refractivity contribution < 1.29 is 4.92 Å². The van der Waals surface area contributed by atoms with Crippen molar-refractivity contribution in [3.63, 3.8) is 0 Å². The summed E-state index contributed by atoms with van der Waals surface area (Å²) in [6, 6.07) is 3.54. The van der Waals surface area contributed by atoms with Crippen molar-refractivity contribution in [3.8, 4) is 18.1 Å². The Morgan fingerprint density at radius 1 is 1.22 bits per heavy atom. The average molecular weight is 241 g/mol. The van der Waals surface area contributed by atoms with Crippen LogP contribution in [0, 0.1) is 32.8 Å². The van der Waals surface area contributed by atoms with Crippen LogP contribution in [-0.4, -0.2) is 24.4 Å². The maximum absolute atomic E-state index is 10.4. The Labute approximate surface area is 99.7 Å². The number of rotatable bonds is 2. The SMILES string of the molecule is N#Cc1ncn(-c2ncc([N+](=O)[O-])cn2)c1C#N. The smallest absolute Gasteiger partial charge is 0.258 e. The molecule has 0 spiro atoms. The molecule has 0 saturated heterocycles. The third-order valence-electron chi connectivity index (χ3n) is 2.03. The van der Waals surface area contributed by atoms with E-state index in [-0.39, 0.29) is 23.0 Å². The van der Waals surface area contributed by atoms with Crippen molar-refractivity contribution in [2.45, 2.75) is 0 Å². The van der Waals surface area contributed by atoms with Crippen molar-refractivity contribution in [2.24, 2.45) is 0 Å². The third-order valence-corrected chi connectivity index (χ3v) is 2.03. The van der Waals surface area contributed by atoms with Gasteiger partial charge in [-0.05, 0) is 0 Å². The minimum absolute atomic E-state index is 0.0219. The van der Waals surface area contributed by atoms with Gasteiger partial charge in [-0.25, -0.2) is 15.0 Å². The first-order valence-corrected chi connectivity index (χ1v) is 4.51. The van der Waals surface area contributed by atoms with Gasteiger partial charge in [0, 0.05) is 0 Å². The lowest BCUT2D eigenvalue weighted by molar-refractivity contribution is -0.385. The van der Waals surface area contributed by atoms with Gasteiger partial charge in [0.2, 0.25) is 5.95 Å². The second-order valence-corrected chi connectivity index (χ2v) is 3.03. The topological polar surface area (TPSA) is 134 Å². The molecule has 2 aromatic rings. The van der Waals surface area contributed by atoms with E-state index in [1.54, 1.807) is 12.1 Å². The van der Waals surface area contributed by atoms with E-state index in [2.05, 4.69) is 15.0 Å². The average Bonchev–Trinajstić information content (AvgIpc) is 2.81. The number of imidazole rings is 1. The second kappa shape index (κ2) is 4.27. The van der Waals surface area contributed by atoms with E-state index in [0.29, 0.717) is 0 Å². The number of nitrogens with zero attached hydrogens (tertiary/aromatic N) is 7. The molecule has 86 valence electrons. The van der Waals surface area contributed by atoms with Crippen LogP contribution in [0.3, 0.4) is 0 Å². The van der Waals surface area contributed by atoms with Crippen LogP contribution in [0.2, 0.25) is 0 Å². The molecule has 0 bridgehead atoms. The highest BCUT2D eigenvalue weighted by Gasteiger charge is 2.14. The standard InChI is InChI=1S/C9H3N7O2/c10-1-7-8(2-11)15(5-14-7)9-12-3-6(4-13-9)16(17)18/h3-5H. The summed E-state index contributed by atoms with van der Waals surface area (Å²) in [6.07, 6.45) is 3.23. The molecular weight excluding hydrogens is 238 g/mol. The number of nitro groups is 1. The van der Waals surface area contributed by atoms with Crippen molar-refractivity contribution in [3.05, 3.63) is 40.2 Å². The van der Waals surface area contributed by atoms with Crippen LogP contribution in [-0.2, 0) is 0 Å². The van der Waals surface area contributed by atoms with Crippen LogP contribution in [0.1, 0.15) is 11.4 Å². The molecule has 18 heavy (non-hydrogen) atoms. The Balaban J connectivity index is 2.51. The Morgan fingerprint density at radius 2 is 1.89 bits per heavy atom. The lowest BCUT2D eigenvalue weighted by Crippen LogP contribution is -2.03. The maximum atomic E-state index is 10.4. The van der Waals surface area contributed by atoms with E-state index in [1.165, 1.54) is 10.9 Å². The van der Waals surface area contributed by atoms with Gasteiger partial charge < -0.3 is 0 Å². The molecule has 0 aliphatic carbocycles. The predicted octanol–water partition coefficient (Wildman–Crippen LogP) is 0.314. The largest absolute Gasteiger partial charge is 0.305 e. The molecule has 0 unspecified atom stereocenters. The van der Waals surface area contributed by atoms with Gasteiger partial charge in [0.15, 0.2) is 11.4 Å². The van der Waals surface area contributed by atoms with Gasteiger partial charge in [-0.1, -0.05) is 0 Å². The van der Waals surface area contributed by atoms with Crippen molar-refractivity contribution in [1.29, 1.82) is 10.5 Å². The highest BCUT2D eigenvalue weighted by molar-refractivity contribution is 5.40. The molecule has 0 N–H and O–H groups in total. The van der Waals surface area contributed by atoms with E-state index < -0.39 is 4.92 Å². The number of nitriles is 2. The van der Waals surface area contributed by atoms with Gasteiger partial charge in [0.1, 0.15) is 30.9 Å². The third kappa shape index (κ3) is 1.72. The van der Waals surface area contributed by atoms with Crippen LogP contribution in [0.5, 0.6) is 0 Å². The van der Waals surface area contributed by atoms with E-state index in [0.717, 1.165) is 12.4 Å². The molecule has 0 fully saturated rings. The molecule has 9 heteroatoms. The zero-order valence-corrected chi connectivity index (χ0v) is 8.68. The number of hydrogen-bond acceptors (Lipinski definition) is 7. The fraction of sp³-hybridized carbons (Fsp3) is 0. The predicted molar refractivity (Wildman–Crippen MR) is 55.2 cm³/mol. The van der Waals surface area contributed by atoms with Crippen molar-refractivity contribution in [1.82, 2.24) is 19.5 Å². The minimum Gasteiger partial charge on any atom is -0.258 e. The number of hydrogen-bond donors (Lipinski definition) is 0. The van der Waals surface area contributed by atoms with Gasteiger partial charge in [-0.15, -0.1) is 0 Å². The lowest BCUT2D eigenvalue weighted by atomic mass is 10.3. The van der Waals surface area contributed by atoms with Gasteiger partial charge in [-0.3, -0.25) is 14.7 Å². The first-order chi connectivity index (χ1) is 8.67. The normalized spacial score (nSPS) is 9.44. The Hall–Kier alpha value is -3.33. The molecule has 0 atom stereocenters. The summed E-state index contributed by atoms with van der Waals surface area (Å²) in [5.74, 6) is 0.0335. The van der Waals surface area contributed by atoms with Gasteiger partial charge in [0.25, 0.3) is 0 Å². The van der Waals surface area contributed by atoms with Crippen molar-refractivity contribution >= 4 is 5.69 Å². The lowest BCUT2D eigenvalue weighted by Gasteiger charge is -1.99. The molecule has 2 heterocycles. The molecule has 0 aliphatic heterocycles. The molecule has 0 aliphatic rings. The quantitative estimate of drug-likeness (QED) is 0.545. The molecular formula is C9H3N7O2. The van der Waals surface area contributed by atoms with Crippen LogP contribution in [0.4, 0.5) is 5.69 Å².